The van der Waals surface area contributed by atoms with Gasteiger partial charge in [0.25, 0.3) is 0 Å². The average Bonchev–Trinajstić information content (AvgIpc) is 3.07. The van der Waals surface area contributed by atoms with Crippen LogP contribution in [0.15, 0.2) is 66.0 Å². The van der Waals surface area contributed by atoms with Gasteiger partial charge in [-0.2, -0.15) is 0 Å². The van der Waals surface area contributed by atoms with Crippen molar-refractivity contribution in [2.75, 3.05) is 0 Å². The fourth-order valence-electron chi connectivity index (χ4n) is 2.52. The topological polar surface area (TPSA) is 42.0 Å². The van der Waals surface area contributed by atoms with Crippen molar-refractivity contribution in [1.29, 1.82) is 0 Å². The van der Waals surface area contributed by atoms with Crippen LogP contribution in [-0.2, 0) is 11.2 Å². The van der Waals surface area contributed by atoms with Gasteiger partial charge in [0, 0.05) is 5.38 Å². The summed E-state index contributed by atoms with van der Waals surface area (Å²) in [4.78, 5) is 16.8. The van der Waals surface area contributed by atoms with Crippen LogP contribution < -0.4 is 5.32 Å². The summed E-state index contributed by atoms with van der Waals surface area (Å²) < 4.78 is 0. The first kappa shape index (κ1) is 18.9. The SMILES string of the molecule is CC.Cc1nc(CC(=O)NC(c2ccccc2)c2ccccc2)cs1. The minimum Gasteiger partial charge on any atom is -0.345 e. The number of nitrogens with one attached hydrogen (secondary N) is 1. The van der Waals surface area contributed by atoms with E-state index < -0.39 is 0 Å². The van der Waals surface area contributed by atoms with E-state index in [1.165, 1.54) is 0 Å². The summed E-state index contributed by atoms with van der Waals surface area (Å²) in [6.07, 6.45) is 0.306. The summed E-state index contributed by atoms with van der Waals surface area (Å²) in [6, 6.07) is 19.9. The molecule has 25 heavy (non-hydrogen) atoms. The highest BCUT2D eigenvalue weighted by Gasteiger charge is 2.17. The second-order valence-electron chi connectivity index (χ2n) is 5.36. The van der Waals surface area contributed by atoms with E-state index in [1.807, 2.05) is 86.8 Å². The third kappa shape index (κ3) is 5.54. The lowest BCUT2D eigenvalue weighted by molar-refractivity contribution is -0.121. The summed E-state index contributed by atoms with van der Waals surface area (Å²) in [5.74, 6) is -0.0204. The number of hydrogen-bond acceptors (Lipinski definition) is 3. The second-order valence-corrected chi connectivity index (χ2v) is 6.42. The molecule has 1 heterocycles. The molecule has 0 fully saturated rings. The molecule has 1 N–H and O–H groups in total. The third-order valence-electron chi connectivity index (χ3n) is 3.58. The van der Waals surface area contributed by atoms with Gasteiger partial charge in [-0.3, -0.25) is 4.79 Å². The van der Waals surface area contributed by atoms with Crippen LogP contribution in [0.3, 0.4) is 0 Å². The molecule has 4 heteroatoms. The van der Waals surface area contributed by atoms with Crippen LogP contribution in [-0.4, -0.2) is 10.9 Å². The van der Waals surface area contributed by atoms with Gasteiger partial charge in [-0.15, -0.1) is 11.3 Å². The molecule has 0 radical (unpaired) electrons. The highest BCUT2D eigenvalue weighted by atomic mass is 32.1. The standard InChI is InChI=1S/C19H18N2OS.C2H6/c1-14-20-17(13-23-14)12-18(22)21-19(15-8-4-2-5-9-15)16-10-6-3-7-11-16;1-2/h2-11,13,19H,12H2,1H3,(H,21,22);1-2H3. The van der Waals surface area contributed by atoms with Gasteiger partial charge in [-0.25, -0.2) is 4.98 Å². The highest BCUT2D eigenvalue weighted by molar-refractivity contribution is 7.09. The van der Waals surface area contributed by atoms with Crippen molar-refractivity contribution >= 4 is 17.2 Å². The van der Waals surface area contributed by atoms with Crippen LogP contribution in [0.1, 0.15) is 41.7 Å². The minimum atomic E-state index is -0.148. The smallest absolute Gasteiger partial charge is 0.226 e. The van der Waals surface area contributed by atoms with E-state index in [0.717, 1.165) is 21.8 Å². The molecule has 0 unspecified atom stereocenters. The van der Waals surface area contributed by atoms with Crippen molar-refractivity contribution in [2.24, 2.45) is 0 Å². The quantitative estimate of drug-likeness (QED) is 0.708. The van der Waals surface area contributed by atoms with Crippen LogP contribution in [0.2, 0.25) is 0 Å². The number of benzene rings is 2. The first-order chi connectivity index (χ1) is 12.2. The maximum atomic E-state index is 12.4. The summed E-state index contributed by atoms with van der Waals surface area (Å²) in [6.45, 7) is 5.95. The molecule has 3 rings (SSSR count). The Hall–Kier alpha value is -2.46. The highest BCUT2D eigenvalue weighted by Crippen LogP contribution is 2.22. The fourth-order valence-corrected chi connectivity index (χ4v) is 3.13. The fraction of sp³-hybridized carbons (Fsp3) is 0.238. The predicted molar refractivity (Wildman–Crippen MR) is 105 cm³/mol. The molecule has 1 amide bonds. The molecule has 0 saturated carbocycles. The Balaban J connectivity index is 0.00000109. The van der Waals surface area contributed by atoms with Crippen molar-refractivity contribution < 1.29 is 4.79 Å². The van der Waals surface area contributed by atoms with Crippen LogP contribution >= 0.6 is 11.3 Å². The molecule has 0 saturated heterocycles. The molecular weight excluding hydrogens is 328 g/mol. The molecule has 3 aromatic rings. The Labute approximate surface area is 153 Å². The maximum absolute atomic E-state index is 12.4. The zero-order chi connectivity index (χ0) is 18.1. The van der Waals surface area contributed by atoms with E-state index in [1.54, 1.807) is 11.3 Å². The average molecular weight is 353 g/mol. The number of carbonyl (C=O) groups is 1. The number of nitrogens with zero attached hydrogens (tertiary/aromatic N) is 1. The third-order valence-corrected chi connectivity index (χ3v) is 4.40. The van der Waals surface area contributed by atoms with Gasteiger partial charge in [0.1, 0.15) is 0 Å². The zero-order valence-corrected chi connectivity index (χ0v) is 15.7. The second kappa shape index (κ2) is 9.74. The lowest BCUT2D eigenvalue weighted by Crippen LogP contribution is -2.30. The van der Waals surface area contributed by atoms with Crippen molar-refractivity contribution in [1.82, 2.24) is 10.3 Å². The van der Waals surface area contributed by atoms with Crippen LogP contribution in [0.25, 0.3) is 0 Å². The molecule has 0 atom stereocenters. The molecule has 0 aliphatic rings. The molecule has 130 valence electrons. The van der Waals surface area contributed by atoms with Gasteiger partial charge in [0.2, 0.25) is 5.91 Å². The molecule has 0 aliphatic carbocycles. The number of aryl methyl sites for hydroxylation is 1. The van der Waals surface area contributed by atoms with Gasteiger partial charge in [-0.1, -0.05) is 74.5 Å². The number of amides is 1. The summed E-state index contributed by atoms with van der Waals surface area (Å²) in [7, 11) is 0. The summed E-state index contributed by atoms with van der Waals surface area (Å²) in [5, 5.41) is 6.05. The van der Waals surface area contributed by atoms with E-state index in [9.17, 15) is 4.79 Å². The molecular formula is C21H24N2OS. The van der Waals surface area contributed by atoms with Gasteiger partial charge < -0.3 is 5.32 Å². The lowest BCUT2D eigenvalue weighted by atomic mass is 9.98. The predicted octanol–water partition coefficient (Wildman–Crippen LogP) is 4.93. The van der Waals surface area contributed by atoms with E-state index in [-0.39, 0.29) is 11.9 Å². The molecule has 0 bridgehead atoms. The Morgan fingerprint density at radius 1 is 1.00 bits per heavy atom. The van der Waals surface area contributed by atoms with Crippen molar-refractivity contribution in [3.63, 3.8) is 0 Å². The van der Waals surface area contributed by atoms with Crippen LogP contribution in [0.4, 0.5) is 0 Å². The zero-order valence-electron chi connectivity index (χ0n) is 14.9. The van der Waals surface area contributed by atoms with Crippen molar-refractivity contribution in [3.8, 4) is 0 Å². The first-order valence-corrected chi connectivity index (χ1v) is 9.40. The largest absolute Gasteiger partial charge is 0.345 e. The van der Waals surface area contributed by atoms with Crippen molar-refractivity contribution in [3.05, 3.63) is 87.9 Å². The maximum Gasteiger partial charge on any atom is 0.226 e. The number of rotatable bonds is 5. The van der Waals surface area contributed by atoms with Crippen molar-refractivity contribution in [2.45, 2.75) is 33.2 Å². The molecule has 1 aromatic heterocycles. The van der Waals surface area contributed by atoms with E-state index in [2.05, 4.69) is 10.3 Å². The van der Waals surface area contributed by atoms with Crippen LogP contribution in [0.5, 0.6) is 0 Å². The normalized spacial score (nSPS) is 10.1. The number of aromatic nitrogens is 1. The molecule has 2 aromatic carbocycles. The van der Waals surface area contributed by atoms with Gasteiger partial charge in [-0.05, 0) is 18.1 Å². The van der Waals surface area contributed by atoms with E-state index in [0.29, 0.717) is 6.42 Å². The molecule has 0 spiro atoms. The molecule has 0 aliphatic heterocycles. The minimum absolute atomic E-state index is 0.0204. The Morgan fingerprint density at radius 3 is 1.96 bits per heavy atom. The van der Waals surface area contributed by atoms with Gasteiger partial charge in [0.15, 0.2) is 0 Å². The summed E-state index contributed by atoms with van der Waals surface area (Å²) >= 11 is 1.57. The first-order valence-electron chi connectivity index (χ1n) is 8.52. The lowest BCUT2D eigenvalue weighted by Gasteiger charge is -2.19. The Kier molecular flexibility index (Phi) is 7.36. The van der Waals surface area contributed by atoms with Crippen LogP contribution in [0, 0.1) is 6.92 Å². The number of hydrogen-bond donors (Lipinski definition) is 1. The summed E-state index contributed by atoms with van der Waals surface area (Å²) in [5.41, 5.74) is 2.97. The number of carbonyl (C=O) groups excluding carboxylic acids is 1. The number of thiazole rings is 1. The monoisotopic (exact) mass is 352 g/mol. The molecule has 3 nitrogen and oxygen atoms in total. The van der Waals surface area contributed by atoms with Gasteiger partial charge >= 0.3 is 0 Å². The van der Waals surface area contributed by atoms with E-state index >= 15 is 0 Å². The van der Waals surface area contributed by atoms with E-state index in [4.69, 9.17) is 0 Å². The van der Waals surface area contributed by atoms with Gasteiger partial charge in [0.05, 0.1) is 23.2 Å². The Morgan fingerprint density at radius 2 is 1.52 bits per heavy atom. The Bertz CT molecular complexity index is 729.